The van der Waals surface area contributed by atoms with Crippen molar-refractivity contribution < 1.29 is 23.8 Å². The van der Waals surface area contributed by atoms with Gasteiger partial charge in [-0.3, -0.25) is 4.79 Å². The van der Waals surface area contributed by atoms with Crippen LogP contribution in [0.15, 0.2) is 35.4 Å². The number of methoxy groups -OCH3 is 3. The van der Waals surface area contributed by atoms with Gasteiger partial charge in [0.15, 0.2) is 0 Å². The van der Waals surface area contributed by atoms with Crippen molar-refractivity contribution in [1.29, 1.82) is 0 Å². The van der Waals surface area contributed by atoms with Gasteiger partial charge in [0, 0.05) is 16.2 Å². The van der Waals surface area contributed by atoms with Crippen molar-refractivity contribution >= 4 is 29.3 Å². The van der Waals surface area contributed by atoms with Crippen LogP contribution in [0, 0.1) is 0 Å². The summed E-state index contributed by atoms with van der Waals surface area (Å²) in [6, 6.07) is 7.38. The van der Waals surface area contributed by atoms with Gasteiger partial charge in [0.25, 0.3) is 0 Å². The monoisotopic (exact) mass is 310 g/mol. The second kappa shape index (κ2) is 9.07. The van der Waals surface area contributed by atoms with Crippen LogP contribution in [-0.2, 0) is 23.8 Å². The van der Waals surface area contributed by atoms with E-state index in [2.05, 4.69) is 4.74 Å². The molecule has 0 heterocycles. The Morgan fingerprint density at radius 3 is 2.48 bits per heavy atom. The molecule has 0 aromatic heterocycles. The first kappa shape index (κ1) is 17.1. The van der Waals surface area contributed by atoms with E-state index in [1.54, 1.807) is 0 Å². The van der Waals surface area contributed by atoms with E-state index in [1.165, 1.54) is 39.4 Å². The van der Waals surface area contributed by atoms with Gasteiger partial charge >= 0.3 is 11.9 Å². The minimum Gasteiger partial charge on any atom is -0.503 e. The zero-order valence-electron chi connectivity index (χ0n) is 12.3. The van der Waals surface area contributed by atoms with Crippen molar-refractivity contribution in [2.24, 2.45) is 0 Å². The number of thioether (sulfide) groups is 1. The van der Waals surface area contributed by atoms with E-state index in [0.717, 1.165) is 4.90 Å². The Morgan fingerprint density at radius 1 is 1.14 bits per heavy atom. The summed E-state index contributed by atoms with van der Waals surface area (Å²) in [5.41, 5.74) is 1.04. The third-order valence-electron chi connectivity index (χ3n) is 2.61. The third-order valence-corrected chi connectivity index (χ3v) is 3.68. The highest BCUT2D eigenvalue weighted by atomic mass is 32.2. The van der Waals surface area contributed by atoms with E-state index >= 15 is 0 Å². The highest BCUT2D eigenvalue weighted by Gasteiger charge is 2.17. The molecule has 0 saturated carbocycles. The number of esters is 2. The molecule has 1 aromatic carbocycles. The van der Waals surface area contributed by atoms with Crippen LogP contribution in [0.5, 0.6) is 0 Å². The van der Waals surface area contributed by atoms with Gasteiger partial charge in [0.1, 0.15) is 5.57 Å². The molecule has 1 rings (SSSR count). The third kappa shape index (κ3) is 5.15. The molecule has 0 atom stereocenters. The molecule has 0 amide bonds. The second-order valence-corrected chi connectivity index (χ2v) is 5.07. The lowest BCUT2D eigenvalue weighted by atomic mass is 10.1. The van der Waals surface area contributed by atoms with Crippen LogP contribution in [0.3, 0.4) is 0 Å². The van der Waals surface area contributed by atoms with Crippen LogP contribution in [0.4, 0.5) is 0 Å². The van der Waals surface area contributed by atoms with E-state index in [1.807, 2.05) is 24.3 Å². The fourth-order valence-corrected chi connectivity index (χ4v) is 2.61. The molecule has 114 valence electrons. The molecule has 0 N–H and O–H groups in total. The number of hydrogen-bond donors (Lipinski definition) is 0. The predicted molar refractivity (Wildman–Crippen MR) is 80.8 cm³/mol. The summed E-state index contributed by atoms with van der Waals surface area (Å²) < 4.78 is 14.3. The molecular weight excluding hydrogens is 292 g/mol. The Kier molecular flexibility index (Phi) is 7.39. The van der Waals surface area contributed by atoms with Gasteiger partial charge < -0.3 is 14.2 Å². The van der Waals surface area contributed by atoms with Gasteiger partial charge in [-0.05, 0) is 6.07 Å². The first-order valence-corrected chi connectivity index (χ1v) is 7.22. The number of carbonyl (C=O) groups is 2. The smallest absolute Gasteiger partial charge is 0.341 e. The van der Waals surface area contributed by atoms with E-state index in [4.69, 9.17) is 9.47 Å². The molecule has 0 fully saturated rings. The molecule has 5 nitrogen and oxygen atoms in total. The molecule has 1 aromatic rings. The van der Waals surface area contributed by atoms with Gasteiger partial charge in [0.2, 0.25) is 0 Å². The van der Waals surface area contributed by atoms with Gasteiger partial charge in [-0.2, -0.15) is 0 Å². The lowest BCUT2D eigenvalue weighted by Crippen LogP contribution is -2.06. The molecule has 0 radical (unpaired) electrons. The van der Waals surface area contributed by atoms with Gasteiger partial charge in [0.05, 0.1) is 34.0 Å². The lowest BCUT2D eigenvalue weighted by molar-refractivity contribution is -0.140. The van der Waals surface area contributed by atoms with Crippen molar-refractivity contribution in [2.75, 3.05) is 27.1 Å². The molecule has 0 spiro atoms. The van der Waals surface area contributed by atoms with Crippen molar-refractivity contribution in [3.05, 3.63) is 36.1 Å². The average Bonchev–Trinajstić information content (AvgIpc) is 2.52. The van der Waals surface area contributed by atoms with Crippen molar-refractivity contribution in [1.82, 2.24) is 0 Å². The molecule has 0 aliphatic carbocycles. The number of hydrogen-bond acceptors (Lipinski definition) is 6. The topological polar surface area (TPSA) is 61.8 Å². The maximum absolute atomic E-state index is 11.8. The normalized spacial score (nSPS) is 10.9. The molecule has 0 bridgehead atoms. The lowest BCUT2D eigenvalue weighted by Gasteiger charge is -2.11. The summed E-state index contributed by atoms with van der Waals surface area (Å²) in [5, 5.41) is 0. The standard InChI is InChI=1S/C15H18O5S/c1-18-10-12(15(17)20-3)11-6-4-5-7-13(11)21-9-8-14(16)19-2/h4-7,10H,8-9H2,1-3H3. The maximum Gasteiger partial charge on any atom is 0.341 e. The van der Waals surface area contributed by atoms with E-state index in [0.29, 0.717) is 23.3 Å². The number of carbonyl (C=O) groups excluding carboxylic acids is 2. The van der Waals surface area contributed by atoms with Crippen LogP contribution >= 0.6 is 11.8 Å². The first-order valence-electron chi connectivity index (χ1n) is 6.24. The van der Waals surface area contributed by atoms with Crippen LogP contribution in [-0.4, -0.2) is 39.0 Å². The fraction of sp³-hybridized carbons (Fsp3) is 0.333. The van der Waals surface area contributed by atoms with Crippen molar-refractivity contribution in [2.45, 2.75) is 11.3 Å². The molecule has 0 aliphatic rings. The molecule has 0 unspecified atom stereocenters. The average molecular weight is 310 g/mol. The minimum atomic E-state index is -0.474. The van der Waals surface area contributed by atoms with E-state index in [9.17, 15) is 9.59 Å². The summed E-state index contributed by atoms with van der Waals surface area (Å²) in [6.45, 7) is 0. The summed E-state index contributed by atoms with van der Waals surface area (Å²) in [6.07, 6.45) is 1.66. The van der Waals surface area contributed by atoms with Crippen LogP contribution < -0.4 is 0 Å². The molecule has 21 heavy (non-hydrogen) atoms. The first-order chi connectivity index (χ1) is 10.1. The Labute approximate surface area is 128 Å². The molecule has 6 heteroatoms. The van der Waals surface area contributed by atoms with E-state index < -0.39 is 5.97 Å². The Hall–Kier alpha value is -1.95. The minimum absolute atomic E-state index is 0.263. The zero-order chi connectivity index (χ0) is 15.7. The van der Waals surface area contributed by atoms with Gasteiger partial charge in [-0.25, -0.2) is 4.79 Å². The Balaban J connectivity index is 2.94. The summed E-state index contributed by atoms with van der Waals surface area (Å²) >= 11 is 1.47. The van der Waals surface area contributed by atoms with Crippen molar-refractivity contribution in [3.63, 3.8) is 0 Å². The largest absolute Gasteiger partial charge is 0.503 e. The molecule has 0 aliphatic heterocycles. The summed E-state index contributed by atoms with van der Waals surface area (Å²) in [5.74, 6) is -0.177. The second-order valence-electron chi connectivity index (χ2n) is 3.93. The van der Waals surface area contributed by atoms with Crippen LogP contribution in [0.25, 0.3) is 5.57 Å². The highest BCUT2D eigenvalue weighted by Crippen LogP contribution is 2.29. The highest BCUT2D eigenvalue weighted by molar-refractivity contribution is 7.99. The quantitative estimate of drug-likeness (QED) is 0.334. The number of benzene rings is 1. The van der Waals surface area contributed by atoms with Gasteiger partial charge in [-0.15, -0.1) is 11.8 Å². The molecule has 0 saturated heterocycles. The Morgan fingerprint density at radius 2 is 1.86 bits per heavy atom. The van der Waals surface area contributed by atoms with Crippen LogP contribution in [0.2, 0.25) is 0 Å². The number of ether oxygens (including phenoxy) is 3. The molecular formula is C15H18O5S. The van der Waals surface area contributed by atoms with Gasteiger partial charge in [-0.1, -0.05) is 18.2 Å². The zero-order valence-corrected chi connectivity index (χ0v) is 13.1. The summed E-state index contributed by atoms with van der Waals surface area (Å²) in [7, 11) is 4.15. The van der Waals surface area contributed by atoms with E-state index in [-0.39, 0.29) is 5.97 Å². The maximum atomic E-state index is 11.8. The predicted octanol–water partition coefficient (Wildman–Crippen LogP) is 2.50. The SMILES string of the molecule is COC=C(C(=O)OC)c1ccccc1SCCC(=O)OC. The number of rotatable bonds is 7. The fourth-order valence-electron chi connectivity index (χ4n) is 1.61. The Bertz CT molecular complexity index is 525. The van der Waals surface area contributed by atoms with Crippen LogP contribution in [0.1, 0.15) is 12.0 Å². The van der Waals surface area contributed by atoms with Crippen molar-refractivity contribution in [3.8, 4) is 0 Å². The summed E-state index contributed by atoms with van der Waals surface area (Å²) in [4.78, 5) is 23.8.